The number of fused-ring (bicyclic) bond motifs is 1. The first-order chi connectivity index (χ1) is 13.8. The molecule has 2 fully saturated rings. The Bertz CT molecular complexity index is 931. The highest BCUT2D eigenvalue weighted by Crippen LogP contribution is 2.37. The van der Waals surface area contributed by atoms with E-state index in [4.69, 9.17) is 8.94 Å². The molecule has 1 saturated carbocycles. The normalized spacial score (nSPS) is 22.9. The van der Waals surface area contributed by atoms with Gasteiger partial charge in [0.25, 0.3) is 5.89 Å². The van der Waals surface area contributed by atoms with Gasteiger partial charge in [0.15, 0.2) is 0 Å². The number of aryl methyl sites for hydroxylation is 1. The summed E-state index contributed by atoms with van der Waals surface area (Å²) in [6.45, 7) is 3.75. The van der Waals surface area contributed by atoms with Gasteiger partial charge in [-0.25, -0.2) is 0 Å². The molecule has 28 heavy (non-hydrogen) atoms. The van der Waals surface area contributed by atoms with E-state index in [0.29, 0.717) is 23.6 Å². The molecule has 6 heteroatoms. The van der Waals surface area contributed by atoms with Gasteiger partial charge in [0, 0.05) is 11.6 Å². The first kappa shape index (κ1) is 17.6. The van der Waals surface area contributed by atoms with Crippen LogP contribution >= 0.6 is 0 Å². The molecule has 146 valence electrons. The van der Waals surface area contributed by atoms with E-state index in [-0.39, 0.29) is 0 Å². The van der Waals surface area contributed by atoms with Crippen LogP contribution in [0.1, 0.15) is 50.2 Å². The third-order valence-corrected chi connectivity index (χ3v) is 6.29. The van der Waals surface area contributed by atoms with Gasteiger partial charge < -0.3 is 8.94 Å². The van der Waals surface area contributed by atoms with Crippen LogP contribution in [-0.2, 0) is 6.54 Å². The standard InChI is InChI=1S/C22H26N4O2/c1-15-20(21(25-28-15)17-9-3-2-4-10-17)22-24-23-19(27-22)14-26-13-7-11-16-8-5-6-12-18(16)26/h2-4,9-10,16,18H,5-8,11-14H2,1H3. The summed E-state index contributed by atoms with van der Waals surface area (Å²) < 4.78 is 11.5. The lowest BCUT2D eigenvalue weighted by atomic mass is 9.78. The Kier molecular flexibility index (Phi) is 4.72. The Morgan fingerprint density at radius 3 is 2.75 bits per heavy atom. The van der Waals surface area contributed by atoms with Crippen molar-refractivity contribution in [2.45, 2.75) is 58.0 Å². The molecule has 0 radical (unpaired) electrons. The summed E-state index contributed by atoms with van der Waals surface area (Å²) in [5.74, 6) is 2.71. The van der Waals surface area contributed by atoms with Crippen LogP contribution in [0.25, 0.3) is 22.7 Å². The Labute approximate surface area is 164 Å². The topological polar surface area (TPSA) is 68.2 Å². The number of hydrogen-bond donors (Lipinski definition) is 0. The van der Waals surface area contributed by atoms with Crippen LogP contribution in [0.4, 0.5) is 0 Å². The lowest BCUT2D eigenvalue weighted by Gasteiger charge is -2.43. The summed E-state index contributed by atoms with van der Waals surface area (Å²) in [5, 5.41) is 12.9. The maximum absolute atomic E-state index is 6.09. The van der Waals surface area contributed by atoms with Crippen LogP contribution in [-0.4, -0.2) is 32.8 Å². The Balaban J connectivity index is 1.39. The molecule has 2 aliphatic rings. The van der Waals surface area contributed by atoms with Gasteiger partial charge in [-0.1, -0.05) is 48.3 Å². The molecule has 6 nitrogen and oxygen atoms in total. The zero-order valence-electron chi connectivity index (χ0n) is 16.3. The first-order valence-electron chi connectivity index (χ1n) is 10.4. The lowest BCUT2D eigenvalue weighted by Crippen LogP contribution is -2.46. The molecule has 1 aliphatic heterocycles. The Hall–Kier alpha value is -2.47. The molecule has 1 aliphatic carbocycles. The molecule has 2 aromatic heterocycles. The number of rotatable bonds is 4. The highest BCUT2D eigenvalue weighted by molar-refractivity contribution is 5.77. The molecule has 5 rings (SSSR count). The molecular weight excluding hydrogens is 352 g/mol. The minimum atomic E-state index is 0.491. The molecule has 0 bridgehead atoms. The SMILES string of the molecule is Cc1onc(-c2ccccc2)c1-c1nnc(CN2CCCC3CCCCC32)o1. The summed E-state index contributed by atoms with van der Waals surface area (Å²) >= 11 is 0. The second-order valence-corrected chi connectivity index (χ2v) is 8.05. The smallest absolute Gasteiger partial charge is 0.253 e. The Morgan fingerprint density at radius 1 is 1.04 bits per heavy atom. The van der Waals surface area contributed by atoms with E-state index in [1.54, 1.807) is 0 Å². The van der Waals surface area contributed by atoms with Crippen molar-refractivity contribution in [3.8, 4) is 22.7 Å². The summed E-state index contributed by atoms with van der Waals surface area (Å²) in [5.41, 5.74) is 2.52. The molecule has 2 unspecified atom stereocenters. The van der Waals surface area contributed by atoms with Gasteiger partial charge in [-0.3, -0.25) is 4.90 Å². The fourth-order valence-corrected chi connectivity index (χ4v) is 4.93. The predicted octanol–water partition coefficient (Wildman–Crippen LogP) is 4.85. The predicted molar refractivity (Wildman–Crippen MR) is 105 cm³/mol. The van der Waals surface area contributed by atoms with E-state index in [1.165, 1.54) is 38.5 Å². The maximum atomic E-state index is 6.09. The number of benzene rings is 1. The fraction of sp³-hybridized carbons (Fsp3) is 0.500. The van der Waals surface area contributed by atoms with Gasteiger partial charge >= 0.3 is 0 Å². The van der Waals surface area contributed by atoms with Crippen molar-refractivity contribution in [3.63, 3.8) is 0 Å². The molecule has 3 aromatic rings. The molecule has 1 aromatic carbocycles. The second kappa shape index (κ2) is 7.51. The monoisotopic (exact) mass is 378 g/mol. The van der Waals surface area contributed by atoms with Crippen LogP contribution in [0.5, 0.6) is 0 Å². The summed E-state index contributed by atoms with van der Waals surface area (Å²) in [7, 11) is 0. The number of aromatic nitrogens is 3. The Morgan fingerprint density at radius 2 is 1.86 bits per heavy atom. The number of piperidine rings is 1. The lowest BCUT2D eigenvalue weighted by molar-refractivity contribution is 0.0483. The van der Waals surface area contributed by atoms with Crippen molar-refractivity contribution >= 4 is 0 Å². The van der Waals surface area contributed by atoms with E-state index in [1.807, 2.05) is 37.3 Å². The highest BCUT2D eigenvalue weighted by atomic mass is 16.5. The van der Waals surface area contributed by atoms with Crippen molar-refractivity contribution in [1.82, 2.24) is 20.3 Å². The van der Waals surface area contributed by atoms with E-state index in [0.717, 1.165) is 35.8 Å². The van der Waals surface area contributed by atoms with Crippen LogP contribution in [0, 0.1) is 12.8 Å². The van der Waals surface area contributed by atoms with Crippen molar-refractivity contribution in [3.05, 3.63) is 42.0 Å². The van der Waals surface area contributed by atoms with Gasteiger partial charge in [-0.15, -0.1) is 10.2 Å². The van der Waals surface area contributed by atoms with Crippen molar-refractivity contribution < 1.29 is 8.94 Å². The first-order valence-corrected chi connectivity index (χ1v) is 10.4. The van der Waals surface area contributed by atoms with Gasteiger partial charge in [-0.05, 0) is 45.1 Å². The summed E-state index contributed by atoms with van der Waals surface area (Å²) in [6, 6.07) is 10.6. The van der Waals surface area contributed by atoms with E-state index in [9.17, 15) is 0 Å². The van der Waals surface area contributed by atoms with Gasteiger partial charge in [0.1, 0.15) is 17.0 Å². The maximum Gasteiger partial charge on any atom is 0.253 e. The summed E-state index contributed by atoms with van der Waals surface area (Å²) in [4.78, 5) is 2.56. The van der Waals surface area contributed by atoms with Gasteiger partial charge in [0.2, 0.25) is 5.89 Å². The van der Waals surface area contributed by atoms with Crippen LogP contribution < -0.4 is 0 Å². The van der Waals surface area contributed by atoms with Crippen LogP contribution in [0.3, 0.4) is 0 Å². The molecule has 2 atom stereocenters. The third kappa shape index (κ3) is 3.26. The fourth-order valence-electron chi connectivity index (χ4n) is 4.93. The van der Waals surface area contributed by atoms with Crippen LogP contribution in [0.15, 0.2) is 39.3 Å². The third-order valence-electron chi connectivity index (χ3n) is 6.29. The summed E-state index contributed by atoms with van der Waals surface area (Å²) in [6.07, 6.45) is 8.04. The minimum absolute atomic E-state index is 0.491. The molecule has 0 amide bonds. The quantitative estimate of drug-likeness (QED) is 0.646. The molecule has 0 N–H and O–H groups in total. The molecule has 3 heterocycles. The average Bonchev–Trinajstić information content (AvgIpc) is 3.35. The number of hydrogen-bond acceptors (Lipinski definition) is 6. The number of likely N-dealkylation sites (tertiary alicyclic amines) is 1. The zero-order valence-corrected chi connectivity index (χ0v) is 16.3. The molecular formula is C22H26N4O2. The number of nitrogens with zero attached hydrogens (tertiary/aromatic N) is 4. The second-order valence-electron chi connectivity index (χ2n) is 8.05. The molecule has 0 spiro atoms. The van der Waals surface area contributed by atoms with Gasteiger partial charge in [-0.2, -0.15) is 0 Å². The van der Waals surface area contributed by atoms with E-state index in [2.05, 4.69) is 20.3 Å². The average molecular weight is 378 g/mol. The van der Waals surface area contributed by atoms with Crippen molar-refractivity contribution in [2.75, 3.05) is 6.54 Å². The van der Waals surface area contributed by atoms with E-state index >= 15 is 0 Å². The van der Waals surface area contributed by atoms with E-state index < -0.39 is 0 Å². The highest BCUT2D eigenvalue weighted by Gasteiger charge is 2.34. The largest absolute Gasteiger partial charge is 0.419 e. The minimum Gasteiger partial charge on any atom is -0.419 e. The van der Waals surface area contributed by atoms with Crippen LogP contribution in [0.2, 0.25) is 0 Å². The van der Waals surface area contributed by atoms with Gasteiger partial charge in [0.05, 0.1) is 6.54 Å². The zero-order chi connectivity index (χ0) is 18.9. The molecule has 1 saturated heterocycles. The van der Waals surface area contributed by atoms with Crippen molar-refractivity contribution in [2.24, 2.45) is 5.92 Å². The van der Waals surface area contributed by atoms with Crippen molar-refractivity contribution in [1.29, 1.82) is 0 Å².